The van der Waals surface area contributed by atoms with Crippen LogP contribution in [0.5, 0.6) is 0 Å². The molecule has 1 aromatic rings. The maximum atomic E-state index is 12.6. The first-order valence-corrected chi connectivity index (χ1v) is 7.29. The van der Waals surface area contributed by atoms with Gasteiger partial charge in [0.25, 0.3) is 0 Å². The van der Waals surface area contributed by atoms with E-state index in [1.54, 1.807) is 6.92 Å². The minimum atomic E-state index is -4.32. The first-order chi connectivity index (χ1) is 9.27. The van der Waals surface area contributed by atoms with Crippen LogP contribution >= 0.6 is 11.3 Å². The lowest BCUT2D eigenvalue weighted by Gasteiger charge is -2.40. The van der Waals surface area contributed by atoms with Crippen LogP contribution in [0, 0.1) is 0 Å². The molecule has 0 saturated carbocycles. The van der Waals surface area contributed by atoms with Crippen molar-refractivity contribution in [2.24, 2.45) is 0 Å². The third-order valence-corrected chi connectivity index (χ3v) is 4.41. The Labute approximate surface area is 119 Å². The largest absolute Gasteiger partial charge is 0.427 e. The van der Waals surface area contributed by atoms with Crippen molar-refractivity contribution >= 4 is 16.5 Å². The van der Waals surface area contributed by atoms with Crippen molar-refractivity contribution in [1.29, 1.82) is 0 Å². The summed E-state index contributed by atoms with van der Waals surface area (Å²) in [4.78, 5) is 7.24. The van der Waals surface area contributed by atoms with Crippen LogP contribution in [0.1, 0.15) is 18.7 Å². The highest BCUT2D eigenvalue weighted by Gasteiger charge is 2.34. The molecule has 0 radical (unpaired) electrons. The van der Waals surface area contributed by atoms with Gasteiger partial charge in [0.15, 0.2) is 5.13 Å². The number of hydrogen-bond acceptors (Lipinski definition) is 5. The van der Waals surface area contributed by atoms with Crippen molar-refractivity contribution in [2.45, 2.75) is 32.2 Å². The van der Waals surface area contributed by atoms with E-state index in [9.17, 15) is 18.3 Å². The topological polar surface area (TPSA) is 39.6 Å². The number of aliphatic hydroxyl groups is 1. The highest BCUT2D eigenvalue weighted by atomic mass is 32.1. The fourth-order valence-corrected chi connectivity index (χ4v) is 3.14. The summed E-state index contributed by atoms with van der Waals surface area (Å²) in [5.74, 6) is 0. The molecular weight excluding hydrogens is 291 g/mol. The van der Waals surface area contributed by atoms with Crippen LogP contribution in [0.2, 0.25) is 0 Å². The number of nitrogens with zero attached hydrogens (tertiary/aromatic N) is 3. The van der Waals surface area contributed by atoms with Crippen molar-refractivity contribution in [3.63, 3.8) is 0 Å². The van der Waals surface area contributed by atoms with E-state index in [0.29, 0.717) is 42.6 Å². The zero-order chi connectivity index (χ0) is 14.9. The third-order valence-electron chi connectivity index (χ3n) is 3.31. The number of thiazole rings is 1. The highest BCUT2D eigenvalue weighted by Crippen LogP contribution is 2.36. The number of β-amino-alcohol motifs (C(OH)–C–C–N with tert-alkyl or cyclic N) is 1. The predicted molar refractivity (Wildman–Crippen MR) is 72.0 cm³/mol. The molecule has 0 amide bonds. The molecule has 1 fully saturated rings. The quantitative estimate of drug-likeness (QED) is 0.928. The molecule has 1 saturated heterocycles. The second kappa shape index (κ2) is 5.87. The van der Waals surface area contributed by atoms with Crippen molar-refractivity contribution in [2.75, 3.05) is 31.1 Å². The van der Waals surface area contributed by atoms with Crippen LogP contribution in [0.3, 0.4) is 0 Å². The summed E-state index contributed by atoms with van der Waals surface area (Å²) in [5, 5.41) is 9.83. The number of halogens is 3. The summed E-state index contributed by atoms with van der Waals surface area (Å²) in [6, 6.07) is 0.177. The number of piperazine rings is 1. The Hall–Kier alpha value is -0.860. The molecule has 1 aliphatic heterocycles. The van der Waals surface area contributed by atoms with E-state index in [0.717, 1.165) is 6.20 Å². The van der Waals surface area contributed by atoms with Crippen molar-refractivity contribution < 1.29 is 18.3 Å². The van der Waals surface area contributed by atoms with Gasteiger partial charge in [-0.2, -0.15) is 13.2 Å². The second-order valence-electron chi connectivity index (χ2n) is 5.14. The van der Waals surface area contributed by atoms with Gasteiger partial charge < -0.3 is 10.0 Å². The monoisotopic (exact) mass is 309 g/mol. The van der Waals surface area contributed by atoms with Crippen LogP contribution in [0.15, 0.2) is 6.20 Å². The van der Waals surface area contributed by atoms with Gasteiger partial charge in [-0.3, -0.25) is 4.90 Å². The van der Waals surface area contributed by atoms with Gasteiger partial charge in [0, 0.05) is 32.2 Å². The summed E-state index contributed by atoms with van der Waals surface area (Å²) in [6.07, 6.45) is -3.83. The van der Waals surface area contributed by atoms with E-state index >= 15 is 0 Å². The molecular formula is C12H18F3N3OS. The molecule has 0 bridgehead atoms. The van der Waals surface area contributed by atoms with Gasteiger partial charge >= 0.3 is 6.18 Å². The lowest BCUT2D eigenvalue weighted by molar-refractivity contribution is -0.134. The highest BCUT2D eigenvalue weighted by molar-refractivity contribution is 7.15. The minimum absolute atomic E-state index is 0.177. The predicted octanol–water partition coefficient (Wildman–Crippen LogP) is 2.05. The second-order valence-corrected chi connectivity index (χ2v) is 6.15. The number of hydrogen-bond donors (Lipinski definition) is 1. The molecule has 114 valence electrons. The van der Waals surface area contributed by atoms with E-state index in [1.807, 2.05) is 11.8 Å². The molecule has 2 rings (SSSR count). The maximum absolute atomic E-state index is 12.6. The fourth-order valence-electron chi connectivity index (χ4n) is 2.32. The Bertz CT molecular complexity index is 449. The van der Waals surface area contributed by atoms with Crippen molar-refractivity contribution in [1.82, 2.24) is 9.88 Å². The van der Waals surface area contributed by atoms with Gasteiger partial charge in [-0.25, -0.2) is 4.98 Å². The molecule has 0 aromatic carbocycles. The Morgan fingerprint density at radius 3 is 2.70 bits per heavy atom. The van der Waals surface area contributed by atoms with Crippen LogP contribution in [0.25, 0.3) is 0 Å². The third kappa shape index (κ3) is 3.62. The lowest BCUT2D eigenvalue weighted by Crippen LogP contribution is -2.53. The number of aliphatic hydroxyl groups excluding tert-OH is 1. The molecule has 0 aliphatic carbocycles. The molecule has 0 spiro atoms. The zero-order valence-electron chi connectivity index (χ0n) is 11.4. The van der Waals surface area contributed by atoms with Crippen molar-refractivity contribution in [3.05, 3.63) is 11.1 Å². The summed E-state index contributed by atoms with van der Waals surface area (Å²) in [5.41, 5.74) is 0. The van der Waals surface area contributed by atoms with Gasteiger partial charge in [0.2, 0.25) is 0 Å². The molecule has 2 unspecified atom stereocenters. The molecule has 2 atom stereocenters. The summed E-state index contributed by atoms with van der Waals surface area (Å²) in [6.45, 7) is 6.29. The molecule has 4 nitrogen and oxygen atoms in total. The van der Waals surface area contributed by atoms with E-state index in [2.05, 4.69) is 9.88 Å². The Morgan fingerprint density at radius 2 is 2.20 bits per heavy atom. The van der Waals surface area contributed by atoms with Gasteiger partial charge in [0.1, 0.15) is 4.88 Å². The van der Waals surface area contributed by atoms with Gasteiger partial charge in [-0.15, -0.1) is 0 Å². The SMILES string of the molecule is CC(O)CN1CCN(c2ncc(C(F)(F)F)s2)CC1C. The van der Waals surface area contributed by atoms with Crippen molar-refractivity contribution in [3.8, 4) is 0 Å². The van der Waals surface area contributed by atoms with Crippen LogP contribution < -0.4 is 4.90 Å². The minimum Gasteiger partial charge on any atom is -0.392 e. The first kappa shape index (κ1) is 15.5. The van der Waals surface area contributed by atoms with E-state index in [-0.39, 0.29) is 6.04 Å². The standard InChI is InChI=1S/C12H18F3N3OS/c1-8-6-18(4-3-17(8)7-9(2)19)11-16-5-10(20-11)12(13,14)15/h5,8-9,19H,3-4,6-7H2,1-2H3. The van der Waals surface area contributed by atoms with Crippen LogP contribution in [-0.4, -0.2) is 53.3 Å². The summed E-state index contributed by atoms with van der Waals surface area (Å²) in [7, 11) is 0. The lowest BCUT2D eigenvalue weighted by atomic mass is 10.2. The maximum Gasteiger partial charge on any atom is 0.427 e. The van der Waals surface area contributed by atoms with Crippen LogP contribution in [-0.2, 0) is 6.18 Å². The molecule has 1 aliphatic rings. The molecule has 20 heavy (non-hydrogen) atoms. The van der Waals surface area contributed by atoms with Gasteiger partial charge in [-0.05, 0) is 13.8 Å². The fraction of sp³-hybridized carbons (Fsp3) is 0.750. The van der Waals surface area contributed by atoms with E-state index in [1.165, 1.54) is 0 Å². The Kier molecular flexibility index (Phi) is 4.55. The Morgan fingerprint density at radius 1 is 1.50 bits per heavy atom. The van der Waals surface area contributed by atoms with E-state index in [4.69, 9.17) is 0 Å². The normalized spacial score (nSPS) is 23.1. The average Bonchev–Trinajstić information content (AvgIpc) is 2.80. The molecule has 2 heterocycles. The number of aromatic nitrogens is 1. The summed E-state index contributed by atoms with van der Waals surface area (Å²) >= 11 is 0.685. The van der Waals surface area contributed by atoms with Gasteiger partial charge in [0.05, 0.1) is 12.3 Å². The van der Waals surface area contributed by atoms with Gasteiger partial charge in [-0.1, -0.05) is 11.3 Å². The average molecular weight is 309 g/mol. The van der Waals surface area contributed by atoms with E-state index < -0.39 is 17.2 Å². The number of anilines is 1. The zero-order valence-corrected chi connectivity index (χ0v) is 12.2. The first-order valence-electron chi connectivity index (χ1n) is 6.47. The summed E-state index contributed by atoms with van der Waals surface area (Å²) < 4.78 is 37.7. The Balaban J connectivity index is 2.00. The van der Waals surface area contributed by atoms with Crippen LogP contribution in [0.4, 0.5) is 18.3 Å². The molecule has 1 N–H and O–H groups in total. The molecule has 8 heteroatoms. The smallest absolute Gasteiger partial charge is 0.392 e. The number of rotatable bonds is 3. The number of alkyl halides is 3. The molecule has 1 aromatic heterocycles.